The van der Waals surface area contributed by atoms with Crippen LogP contribution >= 0.6 is 11.3 Å². The summed E-state index contributed by atoms with van der Waals surface area (Å²) in [5.74, 6) is 1.03. The van der Waals surface area contributed by atoms with E-state index in [-0.39, 0.29) is 0 Å². The molecule has 3 heterocycles. The highest BCUT2D eigenvalue weighted by Gasteiger charge is 2.19. The molecule has 1 fully saturated rings. The van der Waals surface area contributed by atoms with E-state index in [0.29, 0.717) is 0 Å². The molecule has 0 saturated carbocycles. The molecular formula is C26H33N3OS. The van der Waals surface area contributed by atoms with Crippen LogP contribution in [0.15, 0.2) is 47.8 Å². The fourth-order valence-electron chi connectivity index (χ4n) is 4.90. The van der Waals surface area contributed by atoms with Gasteiger partial charge in [0.15, 0.2) is 0 Å². The smallest absolute Gasteiger partial charge is 0.119 e. The van der Waals surface area contributed by atoms with Crippen molar-refractivity contribution in [3.05, 3.63) is 59.0 Å². The van der Waals surface area contributed by atoms with Crippen molar-refractivity contribution in [2.75, 3.05) is 57.3 Å². The third-order valence-electron chi connectivity index (χ3n) is 6.79. The topological polar surface area (TPSA) is 19.0 Å². The molecule has 0 bridgehead atoms. The average molecular weight is 436 g/mol. The first-order valence-electron chi connectivity index (χ1n) is 11.7. The highest BCUT2D eigenvalue weighted by Crippen LogP contribution is 2.31. The fourth-order valence-corrected chi connectivity index (χ4v) is 5.70. The summed E-state index contributed by atoms with van der Waals surface area (Å²) < 4.78 is 7.50. The molecule has 0 amide bonds. The fraction of sp³-hybridized carbons (Fsp3) is 0.462. The van der Waals surface area contributed by atoms with E-state index in [1.807, 2.05) is 11.3 Å². The zero-order valence-electron chi connectivity index (χ0n) is 18.6. The van der Waals surface area contributed by atoms with Crippen molar-refractivity contribution >= 4 is 27.1 Å². The molecule has 4 nitrogen and oxygen atoms in total. The normalized spacial score (nSPS) is 17.8. The molecule has 1 aromatic heterocycles. The predicted molar refractivity (Wildman–Crippen MR) is 132 cm³/mol. The number of rotatable bonds is 7. The summed E-state index contributed by atoms with van der Waals surface area (Å²) in [7, 11) is 0. The van der Waals surface area contributed by atoms with Gasteiger partial charge >= 0.3 is 0 Å². The van der Waals surface area contributed by atoms with Gasteiger partial charge in [-0.1, -0.05) is 19.1 Å². The molecule has 0 radical (unpaired) electrons. The standard InChI is InChI=1S/C26H33N3OS/c1-2-27-12-9-21-7-8-23(19-22(21)20-27)30-17-4-11-28-13-15-29(16-14-28)25-5-3-6-26-24(25)10-18-31-26/h3,5-8,10,18-19H,2,4,9,11-17,20H2,1H3. The highest BCUT2D eigenvalue weighted by molar-refractivity contribution is 7.17. The average Bonchev–Trinajstić information content (AvgIpc) is 3.31. The van der Waals surface area contributed by atoms with Gasteiger partial charge in [0.2, 0.25) is 0 Å². The molecule has 1 saturated heterocycles. The minimum Gasteiger partial charge on any atom is -0.494 e. The number of thiophene rings is 1. The number of anilines is 1. The summed E-state index contributed by atoms with van der Waals surface area (Å²) in [6.45, 7) is 12.0. The first-order chi connectivity index (χ1) is 15.3. The van der Waals surface area contributed by atoms with Gasteiger partial charge in [0.1, 0.15) is 5.75 Å². The molecule has 2 aromatic carbocycles. The van der Waals surface area contributed by atoms with Crippen molar-refractivity contribution in [2.45, 2.75) is 26.3 Å². The number of ether oxygens (including phenoxy) is 1. The van der Waals surface area contributed by atoms with E-state index in [1.165, 1.54) is 33.4 Å². The van der Waals surface area contributed by atoms with Gasteiger partial charge in [-0.25, -0.2) is 0 Å². The summed E-state index contributed by atoms with van der Waals surface area (Å²) >= 11 is 1.83. The molecule has 0 atom stereocenters. The zero-order chi connectivity index (χ0) is 21.0. The van der Waals surface area contributed by atoms with Gasteiger partial charge < -0.3 is 9.64 Å². The molecule has 2 aliphatic rings. The maximum Gasteiger partial charge on any atom is 0.119 e. The summed E-state index contributed by atoms with van der Waals surface area (Å²) in [6, 6.07) is 15.6. The lowest BCUT2D eigenvalue weighted by Crippen LogP contribution is -2.46. The van der Waals surface area contributed by atoms with Crippen LogP contribution in [0.2, 0.25) is 0 Å². The molecule has 5 heteroatoms. The van der Waals surface area contributed by atoms with E-state index in [0.717, 1.165) is 71.0 Å². The lowest BCUT2D eigenvalue weighted by Gasteiger charge is -2.36. The Bertz CT molecular complexity index is 1010. The van der Waals surface area contributed by atoms with Gasteiger partial charge in [-0.2, -0.15) is 0 Å². The van der Waals surface area contributed by atoms with Crippen LogP contribution in [0.25, 0.3) is 10.1 Å². The summed E-state index contributed by atoms with van der Waals surface area (Å²) in [5, 5.41) is 3.61. The molecule has 5 rings (SSSR count). The van der Waals surface area contributed by atoms with Crippen LogP contribution < -0.4 is 9.64 Å². The maximum absolute atomic E-state index is 6.11. The second kappa shape index (κ2) is 9.60. The second-order valence-corrected chi connectivity index (χ2v) is 9.64. The Labute approximate surface area is 190 Å². The maximum atomic E-state index is 6.11. The van der Waals surface area contributed by atoms with Gasteiger partial charge in [0.05, 0.1) is 6.61 Å². The quantitative estimate of drug-likeness (QED) is 0.493. The molecular weight excluding hydrogens is 402 g/mol. The zero-order valence-corrected chi connectivity index (χ0v) is 19.4. The SMILES string of the molecule is CCN1CCc2ccc(OCCCN3CCN(c4cccc5sccc45)CC3)cc2C1. The Hall–Kier alpha value is -2.08. The van der Waals surface area contributed by atoms with Crippen LogP contribution in [0.4, 0.5) is 5.69 Å². The van der Waals surface area contributed by atoms with E-state index >= 15 is 0 Å². The largest absolute Gasteiger partial charge is 0.494 e. The summed E-state index contributed by atoms with van der Waals surface area (Å²) in [5.41, 5.74) is 4.34. The Balaban J connectivity index is 1.07. The van der Waals surface area contributed by atoms with Gasteiger partial charge in [-0.05, 0) is 66.2 Å². The molecule has 0 unspecified atom stereocenters. The van der Waals surface area contributed by atoms with E-state index in [1.54, 1.807) is 0 Å². The minimum atomic E-state index is 0.796. The third-order valence-corrected chi connectivity index (χ3v) is 7.67. The van der Waals surface area contributed by atoms with Crippen LogP contribution in [0.3, 0.4) is 0 Å². The van der Waals surface area contributed by atoms with Crippen molar-refractivity contribution in [1.82, 2.24) is 9.80 Å². The molecule has 2 aliphatic heterocycles. The number of hydrogen-bond donors (Lipinski definition) is 0. The van der Waals surface area contributed by atoms with Crippen molar-refractivity contribution in [2.24, 2.45) is 0 Å². The molecule has 164 valence electrons. The number of likely N-dealkylation sites (N-methyl/N-ethyl adjacent to an activating group) is 1. The first-order valence-corrected chi connectivity index (χ1v) is 12.6. The number of hydrogen-bond acceptors (Lipinski definition) is 5. The Kier molecular flexibility index (Phi) is 6.44. The molecule has 0 N–H and O–H groups in total. The molecule has 31 heavy (non-hydrogen) atoms. The van der Waals surface area contributed by atoms with Crippen molar-refractivity contribution in [1.29, 1.82) is 0 Å². The first kappa shape index (κ1) is 20.8. The van der Waals surface area contributed by atoms with Crippen molar-refractivity contribution in [3.8, 4) is 5.75 Å². The van der Waals surface area contributed by atoms with Crippen LogP contribution in [-0.4, -0.2) is 62.2 Å². The third kappa shape index (κ3) is 4.74. The van der Waals surface area contributed by atoms with Crippen LogP contribution in [0, 0.1) is 0 Å². The van der Waals surface area contributed by atoms with Crippen molar-refractivity contribution in [3.63, 3.8) is 0 Å². The van der Waals surface area contributed by atoms with Crippen LogP contribution in [-0.2, 0) is 13.0 Å². The highest BCUT2D eigenvalue weighted by atomic mass is 32.1. The van der Waals surface area contributed by atoms with Gasteiger partial charge in [0, 0.05) is 61.6 Å². The van der Waals surface area contributed by atoms with Gasteiger partial charge in [0.25, 0.3) is 0 Å². The van der Waals surface area contributed by atoms with Gasteiger partial charge in [-0.15, -0.1) is 11.3 Å². The Morgan fingerprint density at radius 2 is 1.84 bits per heavy atom. The van der Waals surface area contributed by atoms with E-state index in [4.69, 9.17) is 4.74 Å². The molecule has 0 spiro atoms. The van der Waals surface area contributed by atoms with Crippen LogP contribution in [0.1, 0.15) is 24.5 Å². The second-order valence-electron chi connectivity index (χ2n) is 8.69. The number of benzene rings is 2. The van der Waals surface area contributed by atoms with Crippen LogP contribution in [0.5, 0.6) is 5.75 Å². The van der Waals surface area contributed by atoms with E-state index < -0.39 is 0 Å². The predicted octanol–water partition coefficient (Wildman–Crippen LogP) is 4.87. The lowest BCUT2D eigenvalue weighted by atomic mass is 9.99. The molecule has 3 aromatic rings. The monoisotopic (exact) mass is 435 g/mol. The van der Waals surface area contributed by atoms with E-state index in [9.17, 15) is 0 Å². The Morgan fingerprint density at radius 1 is 0.935 bits per heavy atom. The summed E-state index contributed by atoms with van der Waals surface area (Å²) in [6.07, 6.45) is 2.24. The molecule has 0 aliphatic carbocycles. The van der Waals surface area contributed by atoms with E-state index in [2.05, 4.69) is 69.5 Å². The van der Waals surface area contributed by atoms with Gasteiger partial charge in [-0.3, -0.25) is 9.80 Å². The number of fused-ring (bicyclic) bond motifs is 2. The lowest BCUT2D eigenvalue weighted by molar-refractivity contribution is 0.224. The number of nitrogens with zero attached hydrogens (tertiary/aromatic N) is 3. The summed E-state index contributed by atoms with van der Waals surface area (Å²) in [4.78, 5) is 7.64. The van der Waals surface area contributed by atoms with Crippen molar-refractivity contribution < 1.29 is 4.74 Å². The minimum absolute atomic E-state index is 0.796. The number of piperazine rings is 1. The Morgan fingerprint density at radius 3 is 2.71 bits per heavy atom.